The largest absolute Gasteiger partial charge is 0.348 e. The van der Waals surface area contributed by atoms with E-state index in [2.05, 4.69) is 26.6 Å². The number of rotatable bonds is 6. The van der Waals surface area contributed by atoms with E-state index in [9.17, 15) is 0 Å². The van der Waals surface area contributed by atoms with Crippen molar-refractivity contribution < 1.29 is 0 Å². The Bertz CT molecular complexity index is 627. The van der Waals surface area contributed by atoms with E-state index in [4.69, 9.17) is 0 Å². The van der Waals surface area contributed by atoms with Crippen molar-refractivity contribution in [2.24, 2.45) is 0 Å². The van der Waals surface area contributed by atoms with E-state index in [0.717, 1.165) is 30.9 Å². The van der Waals surface area contributed by atoms with Crippen molar-refractivity contribution in [3.05, 3.63) is 66.5 Å². The maximum Gasteiger partial charge on any atom is 0.0921 e. The van der Waals surface area contributed by atoms with E-state index in [0.29, 0.717) is 0 Å². The van der Waals surface area contributed by atoms with Crippen LogP contribution in [0.2, 0.25) is 0 Å². The van der Waals surface area contributed by atoms with Gasteiger partial charge in [0.1, 0.15) is 0 Å². The van der Waals surface area contributed by atoms with Gasteiger partial charge in [0, 0.05) is 43.2 Å². The van der Waals surface area contributed by atoms with Gasteiger partial charge in [-0.15, -0.1) is 0 Å². The molecule has 2 heterocycles. The van der Waals surface area contributed by atoms with Crippen LogP contribution in [-0.2, 0) is 13.0 Å². The predicted octanol–water partition coefficient (Wildman–Crippen LogP) is 1.93. The van der Waals surface area contributed by atoms with Crippen LogP contribution in [0.4, 0.5) is 0 Å². The van der Waals surface area contributed by atoms with Gasteiger partial charge < -0.3 is 10.3 Å². The molecule has 0 fully saturated rings. The number of imidazole rings is 1. The van der Waals surface area contributed by atoms with Gasteiger partial charge in [-0.1, -0.05) is 18.2 Å². The van der Waals surface area contributed by atoms with E-state index < -0.39 is 0 Å². The Morgan fingerprint density at radius 3 is 2.85 bits per heavy atom. The van der Waals surface area contributed by atoms with Crippen LogP contribution in [0.3, 0.4) is 0 Å². The maximum absolute atomic E-state index is 4.38. The Labute approximate surface area is 117 Å². The van der Waals surface area contributed by atoms with Crippen LogP contribution in [0, 0.1) is 0 Å². The fraction of sp³-hybridized carbons (Fsp3) is 0.200. The van der Waals surface area contributed by atoms with E-state index in [1.807, 2.05) is 47.4 Å². The molecular formula is C15H17N5. The first kappa shape index (κ1) is 12.6. The second-order valence-electron chi connectivity index (χ2n) is 4.63. The van der Waals surface area contributed by atoms with Crippen LogP contribution in [0.5, 0.6) is 0 Å². The van der Waals surface area contributed by atoms with Gasteiger partial charge in [0.15, 0.2) is 0 Å². The third kappa shape index (κ3) is 3.13. The fourth-order valence-electron chi connectivity index (χ4n) is 2.05. The number of benzene rings is 1. The molecule has 0 saturated heterocycles. The molecule has 1 aromatic carbocycles. The zero-order valence-electron chi connectivity index (χ0n) is 11.2. The van der Waals surface area contributed by atoms with Crippen molar-refractivity contribution >= 4 is 0 Å². The Morgan fingerprint density at radius 1 is 1.15 bits per heavy atom. The number of aromatic amines is 1. The summed E-state index contributed by atoms with van der Waals surface area (Å²) >= 11 is 0. The minimum absolute atomic E-state index is 0.820. The monoisotopic (exact) mass is 267 g/mol. The van der Waals surface area contributed by atoms with Crippen molar-refractivity contribution in [2.75, 3.05) is 6.54 Å². The normalized spacial score (nSPS) is 10.8. The molecule has 0 spiro atoms. The van der Waals surface area contributed by atoms with Crippen LogP contribution < -0.4 is 5.32 Å². The molecule has 2 N–H and O–H groups in total. The molecule has 2 aromatic heterocycles. The number of nitrogens with zero attached hydrogens (tertiary/aromatic N) is 3. The molecular weight excluding hydrogens is 250 g/mol. The molecule has 5 heteroatoms. The topological polar surface area (TPSA) is 58.5 Å². The smallest absolute Gasteiger partial charge is 0.0921 e. The molecule has 5 nitrogen and oxygen atoms in total. The SMILES string of the molecule is c1ccc(-n2cc(CNCCc3cnc[nH]3)cn2)cc1. The minimum Gasteiger partial charge on any atom is -0.348 e. The number of H-pyrrole nitrogens is 1. The minimum atomic E-state index is 0.820. The van der Waals surface area contributed by atoms with Gasteiger partial charge in [-0.05, 0) is 12.1 Å². The summed E-state index contributed by atoms with van der Waals surface area (Å²) in [7, 11) is 0. The van der Waals surface area contributed by atoms with Crippen molar-refractivity contribution in [2.45, 2.75) is 13.0 Å². The highest BCUT2D eigenvalue weighted by molar-refractivity contribution is 5.30. The Hall–Kier alpha value is -2.40. The lowest BCUT2D eigenvalue weighted by Crippen LogP contribution is -2.16. The van der Waals surface area contributed by atoms with Crippen LogP contribution in [0.1, 0.15) is 11.3 Å². The average molecular weight is 267 g/mol. The third-order valence-corrected chi connectivity index (χ3v) is 3.11. The van der Waals surface area contributed by atoms with Crippen LogP contribution >= 0.6 is 0 Å². The summed E-state index contributed by atoms with van der Waals surface area (Å²) in [5.41, 5.74) is 3.41. The molecule has 3 aromatic rings. The van der Waals surface area contributed by atoms with Gasteiger partial charge in [0.2, 0.25) is 0 Å². The van der Waals surface area contributed by atoms with E-state index >= 15 is 0 Å². The molecule has 0 saturated carbocycles. The second kappa shape index (κ2) is 6.16. The second-order valence-corrected chi connectivity index (χ2v) is 4.63. The summed E-state index contributed by atoms with van der Waals surface area (Å²) < 4.78 is 1.89. The molecule has 0 atom stereocenters. The maximum atomic E-state index is 4.38. The van der Waals surface area contributed by atoms with Gasteiger partial charge in [-0.25, -0.2) is 9.67 Å². The molecule has 102 valence electrons. The third-order valence-electron chi connectivity index (χ3n) is 3.11. The Morgan fingerprint density at radius 2 is 2.05 bits per heavy atom. The molecule has 0 unspecified atom stereocenters. The summed E-state index contributed by atoms with van der Waals surface area (Å²) in [5.74, 6) is 0. The standard InChI is InChI=1S/C15H17N5/c1-2-4-15(5-3-1)20-11-13(9-19-20)8-16-7-6-14-10-17-12-18-14/h1-5,9-12,16H,6-8H2,(H,17,18). The first-order chi connectivity index (χ1) is 9.92. The van der Waals surface area contributed by atoms with Gasteiger partial charge in [-0.2, -0.15) is 5.10 Å². The quantitative estimate of drug-likeness (QED) is 0.671. The molecule has 0 aliphatic rings. The molecule has 0 aliphatic heterocycles. The first-order valence-electron chi connectivity index (χ1n) is 6.69. The highest BCUT2D eigenvalue weighted by Crippen LogP contribution is 2.07. The number of hydrogen-bond acceptors (Lipinski definition) is 3. The lowest BCUT2D eigenvalue weighted by atomic mass is 10.3. The Balaban J connectivity index is 1.50. The fourth-order valence-corrected chi connectivity index (χ4v) is 2.05. The average Bonchev–Trinajstić information content (AvgIpc) is 3.16. The molecule has 0 radical (unpaired) electrons. The number of para-hydroxylation sites is 1. The number of aromatic nitrogens is 4. The van der Waals surface area contributed by atoms with Crippen molar-refractivity contribution in [3.63, 3.8) is 0 Å². The van der Waals surface area contributed by atoms with Crippen LogP contribution in [0.25, 0.3) is 5.69 Å². The van der Waals surface area contributed by atoms with Gasteiger partial charge >= 0.3 is 0 Å². The molecule has 3 rings (SSSR count). The predicted molar refractivity (Wildman–Crippen MR) is 77.6 cm³/mol. The van der Waals surface area contributed by atoms with Gasteiger partial charge in [0.25, 0.3) is 0 Å². The van der Waals surface area contributed by atoms with Crippen molar-refractivity contribution in [1.82, 2.24) is 25.1 Å². The lowest BCUT2D eigenvalue weighted by Gasteiger charge is -2.01. The molecule has 0 aliphatic carbocycles. The van der Waals surface area contributed by atoms with Crippen LogP contribution in [-0.4, -0.2) is 26.3 Å². The Kier molecular flexibility index (Phi) is 3.89. The van der Waals surface area contributed by atoms with E-state index in [-0.39, 0.29) is 0 Å². The van der Waals surface area contributed by atoms with Crippen LogP contribution in [0.15, 0.2) is 55.2 Å². The summed E-state index contributed by atoms with van der Waals surface area (Å²) in [6.45, 7) is 1.74. The zero-order chi connectivity index (χ0) is 13.6. The summed E-state index contributed by atoms with van der Waals surface area (Å²) in [5, 5.41) is 7.78. The van der Waals surface area contributed by atoms with E-state index in [1.165, 1.54) is 5.56 Å². The lowest BCUT2D eigenvalue weighted by molar-refractivity contribution is 0.681. The van der Waals surface area contributed by atoms with Crippen molar-refractivity contribution in [1.29, 1.82) is 0 Å². The number of nitrogens with one attached hydrogen (secondary N) is 2. The molecule has 0 amide bonds. The first-order valence-corrected chi connectivity index (χ1v) is 6.69. The highest BCUT2D eigenvalue weighted by atomic mass is 15.3. The summed E-state index contributed by atoms with van der Waals surface area (Å²) in [4.78, 5) is 7.09. The molecule has 0 bridgehead atoms. The van der Waals surface area contributed by atoms with E-state index in [1.54, 1.807) is 6.33 Å². The highest BCUT2D eigenvalue weighted by Gasteiger charge is 2.00. The number of hydrogen-bond donors (Lipinski definition) is 2. The summed E-state index contributed by atoms with van der Waals surface area (Å²) in [6, 6.07) is 10.1. The zero-order valence-corrected chi connectivity index (χ0v) is 11.2. The summed E-state index contributed by atoms with van der Waals surface area (Å²) in [6.07, 6.45) is 8.47. The van der Waals surface area contributed by atoms with Gasteiger partial charge in [-0.3, -0.25) is 0 Å². The van der Waals surface area contributed by atoms with Gasteiger partial charge in [0.05, 0.1) is 18.2 Å². The molecule has 20 heavy (non-hydrogen) atoms. The van der Waals surface area contributed by atoms with Crippen molar-refractivity contribution in [3.8, 4) is 5.69 Å².